The van der Waals surface area contributed by atoms with Gasteiger partial charge in [0, 0.05) is 6.08 Å². The summed E-state index contributed by atoms with van der Waals surface area (Å²) in [6.45, 7) is 4.84. The van der Waals surface area contributed by atoms with E-state index in [4.69, 9.17) is 25.8 Å². The number of carbonyl (C=O) groups is 1. The van der Waals surface area contributed by atoms with E-state index in [2.05, 4.69) is 11.4 Å². The lowest BCUT2D eigenvalue weighted by atomic mass is 10.1. The summed E-state index contributed by atoms with van der Waals surface area (Å²) in [6, 6.07) is 9.45. The van der Waals surface area contributed by atoms with Crippen molar-refractivity contribution < 1.29 is 19.0 Å². The molecule has 0 radical (unpaired) electrons. The average molecular weight is 390 g/mol. The van der Waals surface area contributed by atoms with Gasteiger partial charge < -0.3 is 19.5 Å². The molecule has 27 heavy (non-hydrogen) atoms. The van der Waals surface area contributed by atoms with Gasteiger partial charge in [-0.1, -0.05) is 29.3 Å². The molecular formula is C21H24ClNO4. The van der Waals surface area contributed by atoms with Crippen LogP contribution in [0.2, 0.25) is 5.02 Å². The molecule has 0 aliphatic heterocycles. The Balaban J connectivity index is 1.86. The minimum atomic E-state index is -0.217. The van der Waals surface area contributed by atoms with Gasteiger partial charge in [-0.15, -0.1) is 0 Å². The first kappa shape index (κ1) is 20.6. The van der Waals surface area contributed by atoms with Crippen LogP contribution in [0.3, 0.4) is 0 Å². The van der Waals surface area contributed by atoms with E-state index in [0.29, 0.717) is 29.7 Å². The smallest absolute Gasteiger partial charge is 0.244 e. The van der Waals surface area contributed by atoms with Gasteiger partial charge in [0.25, 0.3) is 0 Å². The van der Waals surface area contributed by atoms with Gasteiger partial charge in [-0.3, -0.25) is 4.79 Å². The molecule has 1 N–H and O–H groups in total. The second-order valence-electron chi connectivity index (χ2n) is 5.98. The van der Waals surface area contributed by atoms with Gasteiger partial charge in [-0.2, -0.15) is 0 Å². The van der Waals surface area contributed by atoms with Crippen molar-refractivity contribution >= 4 is 23.6 Å². The molecule has 0 aliphatic carbocycles. The van der Waals surface area contributed by atoms with Crippen LogP contribution in [0.5, 0.6) is 17.2 Å². The first-order chi connectivity index (χ1) is 12.9. The zero-order chi connectivity index (χ0) is 19.8. The maximum Gasteiger partial charge on any atom is 0.244 e. The monoisotopic (exact) mass is 389 g/mol. The van der Waals surface area contributed by atoms with Gasteiger partial charge in [0.05, 0.1) is 25.8 Å². The van der Waals surface area contributed by atoms with E-state index < -0.39 is 0 Å². The van der Waals surface area contributed by atoms with Crippen molar-refractivity contribution in [2.45, 2.75) is 13.8 Å². The van der Waals surface area contributed by atoms with Gasteiger partial charge >= 0.3 is 0 Å². The molecule has 5 nitrogen and oxygen atoms in total. The first-order valence-corrected chi connectivity index (χ1v) is 8.90. The SMILES string of the molecule is COc1cc(/C=C/C(=O)NCCOc2ccc(C)cc2C)cc(Cl)c1OC. The van der Waals surface area contributed by atoms with Crippen molar-refractivity contribution in [1.29, 1.82) is 0 Å². The quantitative estimate of drug-likeness (QED) is 0.543. The third kappa shape index (κ3) is 5.93. The van der Waals surface area contributed by atoms with Crippen molar-refractivity contribution in [3.05, 3.63) is 58.1 Å². The number of methoxy groups -OCH3 is 2. The molecule has 144 valence electrons. The van der Waals surface area contributed by atoms with E-state index in [-0.39, 0.29) is 5.91 Å². The van der Waals surface area contributed by atoms with Gasteiger partial charge in [-0.25, -0.2) is 0 Å². The molecule has 0 aliphatic rings. The first-order valence-electron chi connectivity index (χ1n) is 8.52. The Labute approximate surface area is 164 Å². The largest absolute Gasteiger partial charge is 0.493 e. The Morgan fingerprint density at radius 2 is 1.89 bits per heavy atom. The molecule has 0 aromatic heterocycles. The summed E-state index contributed by atoms with van der Waals surface area (Å²) in [5, 5.41) is 3.20. The second kappa shape index (κ2) is 9.88. The Bertz CT molecular complexity index is 833. The summed E-state index contributed by atoms with van der Waals surface area (Å²) < 4.78 is 16.1. The lowest BCUT2D eigenvalue weighted by Crippen LogP contribution is -2.26. The van der Waals surface area contributed by atoms with Crippen LogP contribution < -0.4 is 19.5 Å². The molecule has 2 aromatic rings. The maximum absolute atomic E-state index is 12.0. The molecule has 0 atom stereocenters. The molecule has 0 saturated carbocycles. The fourth-order valence-corrected chi connectivity index (χ4v) is 2.86. The summed E-state index contributed by atoms with van der Waals surface area (Å²) in [7, 11) is 3.05. The lowest BCUT2D eigenvalue weighted by Gasteiger charge is -2.10. The number of carbonyl (C=O) groups excluding carboxylic acids is 1. The van der Waals surface area contributed by atoms with Crippen LogP contribution in [0.25, 0.3) is 6.08 Å². The molecule has 0 fully saturated rings. The zero-order valence-corrected chi connectivity index (χ0v) is 16.7. The number of benzene rings is 2. The molecule has 6 heteroatoms. The number of nitrogens with one attached hydrogen (secondary N) is 1. The van der Waals surface area contributed by atoms with E-state index in [1.165, 1.54) is 25.9 Å². The van der Waals surface area contributed by atoms with Crippen LogP contribution in [0.1, 0.15) is 16.7 Å². The summed E-state index contributed by atoms with van der Waals surface area (Å²) in [5.74, 6) is 1.58. The summed E-state index contributed by atoms with van der Waals surface area (Å²) in [6.07, 6.45) is 3.10. The third-order valence-corrected chi connectivity index (χ3v) is 4.15. The molecule has 0 saturated heterocycles. The van der Waals surface area contributed by atoms with Gasteiger partial charge in [0.1, 0.15) is 12.4 Å². The van der Waals surface area contributed by atoms with Crippen LogP contribution >= 0.6 is 11.6 Å². The van der Waals surface area contributed by atoms with Gasteiger partial charge in [0.2, 0.25) is 5.91 Å². The van der Waals surface area contributed by atoms with E-state index in [1.807, 2.05) is 26.0 Å². The van der Waals surface area contributed by atoms with Crippen LogP contribution in [0, 0.1) is 13.8 Å². The van der Waals surface area contributed by atoms with Crippen molar-refractivity contribution in [2.75, 3.05) is 27.4 Å². The highest BCUT2D eigenvalue weighted by molar-refractivity contribution is 6.32. The highest BCUT2D eigenvalue weighted by Crippen LogP contribution is 2.36. The average Bonchev–Trinajstić information content (AvgIpc) is 2.64. The fourth-order valence-electron chi connectivity index (χ4n) is 2.56. The number of hydrogen-bond acceptors (Lipinski definition) is 4. The van der Waals surface area contributed by atoms with Crippen LogP contribution in [-0.2, 0) is 4.79 Å². The van der Waals surface area contributed by atoms with Crippen molar-refractivity contribution in [3.63, 3.8) is 0 Å². The topological polar surface area (TPSA) is 56.8 Å². The number of aryl methyl sites for hydroxylation is 2. The van der Waals surface area contributed by atoms with Crippen LogP contribution in [0.15, 0.2) is 36.4 Å². The third-order valence-electron chi connectivity index (χ3n) is 3.87. The number of amides is 1. The second-order valence-corrected chi connectivity index (χ2v) is 6.39. The standard InChI is InChI=1S/C21H24ClNO4/c1-14-5-7-18(15(2)11-14)27-10-9-23-20(24)8-6-16-12-17(22)21(26-4)19(13-16)25-3/h5-8,11-13H,9-10H2,1-4H3,(H,23,24)/b8-6+. The van der Waals surface area contributed by atoms with E-state index in [0.717, 1.165) is 16.9 Å². The minimum Gasteiger partial charge on any atom is -0.493 e. The Kier molecular flexibility index (Phi) is 7.55. The summed E-state index contributed by atoms with van der Waals surface area (Å²) in [4.78, 5) is 12.0. The number of halogens is 1. The van der Waals surface area contributed by atoms with Crippen LogP contribution in [-0.4, -0.2) is 33.3 Å². The maximum atomic E-state index is 12.0. The van der Waals surface area contributed by atoms with Gasteiger partial charge in [-0.05, 0) is 49.2 Å². The van der Waals surface area contributed by atoms with Gasteiger partial charge in [0.15, 0.2) is 11.5 Å². The Morgan fingerprint density at radius 1 is 1.11 bits per heavy atom. The Morgan fingerprint density at radius 3 is 2.56 bits per heavy atom. The molecule has 2 aromatic carbocycles. The van der Waals surface area contributed by atoms with E-state index in [9.17, 15) is 4.79 Å². The van der Waals surface area contributed by atoms with Crippen molar-refractivity contribution in [1.82, 2.24) is 5.32 Å². The molecule has 0 spiro atoms. The predicted molar refractivity (Wildman–Crippen MR) is 108 cm³/mol. The fraction of sp³-hybridized carbons (Fsp3) is 0.286. The Hall–Kier alpha value is -2.66. The summed E-state index contributed by atoms with van der Waals surface area (Å²) >= 11 is 6.16. The van der Waals surface area contributed by atoms with Crippen molar-refractivity contribution in [2.24, 2.45) is 0 Å². The minimum absolute atomic E-state index is 0.217. The number of ether oxygens (including phenoxy) is 3. The number of rotatable bonds is 8. The van der Waals surface area contributed by atoms with E-state index in [1.54, 1.807) is 18.2 Å². The molecule has 2 rings (SSSR count). The number of hydrogen-bond donors (Lipinski definition) is 1. The molecule has 1 amide bonds. The van der Waals surface area contributed by atoms with Crippen molar-refractivity contribution in [3.8, 4) is 17.2 Å². The highest BCUT2D eigenvalue weighted by Gasteiger charge is 2.09. The molecule has 0 heterocycles. The highest BCUT2D eigenvalue weighted by atomic mass is 35.5. The zero-order valence-electron chi connectivity index (χ0n) is 16.0. The lowest BCUT2D eigenvalue weighted by molar-refractivity contribution is -0.116. The molecular weight excluding hydrogens is 366 g/mol. The molecule has 0 bridgehead atoms. The molecule has 0 unspecified atom stereocenters. The van der Waals surface area contributed by atoms with E-state index >= 15 is 0 Å². The van der Waals surface area contributed by atoms with Crippen LogP contribution in [0.4, 0.5) is 0 Å². The predicted octanol–water partition coefficient (Wildman–Crippen LogP) is 4.18. The summed E-state index contributed by atoms with van der Waals surface area (Å²) in [5.41, 5.74) is 3.00. The normalized spacial score (nSPS) is 10.7.